The average Bonchev–Trinajstić information content (AvgIpc) is 2.87. The summed E-state index contributed by atoms with van der Waals surface area (Å²) < 4.78 is 41.8. The smallest absolute Gasteiger partial charge is 0.296 e. The van der Waals surface area contributed by atoms with Crippen molar-refractivity contribution in [1.29, 1.82) is 0 Å². The number of nitrogens with zero attached hydrogens (tertiary/aromatic N) is 3. The van der Waals surface area contributed by atoms with Gasteiger partial charge in [0.15, 0.2) is 4.90 Å². The Bertz CT molecular complexity index is 1520. The van der Waals surface area contributed by atoms with E-state index in [0.717, 1.165) is 24.6 Å². The van der Waals surface area contributed by atoms with Crippen LogP contribution in [-0.4, -0.2) is 28.1 Å². The lowest BCUT2D eigenvalue weighted by atomic mass is 10.1. The van der Waals surface area contributed by atoms with Crippen LogP contribution >= 0.6 is 0 Å². The zero-order valence-corrected chi connectivity index (χ0v) is 20.6. The molecule has 0 atom stereocenters. The first-order valence-corrected chi connectivity index (χ1v) is 13.1. The number of halogens is 1. The van der Waals surface area contributed by atoms with Crippen LogP contribution in [0.5, 0.6) is 5.88 Å². The fourth-order valence-corrected chi connectivity index (χ4v) is 5.32. The summed E-state index contributed by atoms with van der Waals surface area (Å²) in [5, 5.41) is 11.1. The molecule has 2 aromatic heterocycles. The Labute approximate surface area is 208 Å². The highest BCUT2D eigenvalue weighted by Crippen LogP contribution is 2.29. The minimum absolute atomic E-state index is 0.180. The van der Waals surface area contributed by atoms with Crippen molar-refractivity contribution in [3.63, 3.8) is 0 Å². The number of pyridine rings is 1. The zero-order chi connectivity index (χ0) is 25.7. The van der Waals surface area contributed by atoms with Crippen molar-refractivity contribution in [2.24, 2.45) is 0 Å². The SMILES string of the molecule is CCCCc1nc(=O)c(S(=O)(=O)c2ccc(-c3cncc(F)c3)cc2)c(O)n1CCc1ccccc1. The van der Waals surface area contributed by atoms with Crippen molar-refractivity contribution >= 4 is 9.84 Å². The maximum absolute atomic E-state index is 13.5. The summed E-state index contributed by atoms with van der Waals surface area (Å²) in [4.78, 5) is 19.8. The minimum Gasteiger partial charge on any atom is -0.493 e. The summed E-state index contributed by atoms with van der Waals surface area (Å²) in [6, 6.07) is 16.5. The van der Waals surface area contributed by atoms with Crippen molar-refractivity contribution in [3.8, 4) is 17.0 Å². The third-order valence-electron chi connectivity index (χ3n) is 5.89. The number of aryl methyl sites for hydroxylation is 2. The molecule has 0 spiro atoms. The Balaban J connectivity index is 1.74. The van der Waals surface area contributed by atoms with E-state index in [9.17, 15) is 22.7 Å². The lowest BCUT2D eigenvalue weighted by Crippen LogP contribution is -2.25. The van der Waals surface area contributed by atoms with Crippen molar-refractivity contribution in [3.05, 3.63) is 101 Å². The molecule has 0 amide bonds. The van der Waals surface area contributed by atoms with Gasteiger partial charge in [0.25, 0.3) is 5.56 Å². The number of hydrogen-bond donors (Lipinski definition) is 1. The topological polar surface area (TPSA) is 102 Å². The number of benzene rings is 2. The third kappa shape index (κ3) is 5.36. The highest BCUT2D eigenvalue weighted by atomic mass is 32.2. The molecule has 0 aliphatic carbocycles. The van der Waals surface area contributed by atoms with Crippen LogP contribution in [0.3, 0.4) is 0 Å². The fraction of sp³-hybridized carbons (Fsp3) is 0.222. The highest BCUT2D eigenvalue weighted by Gasteiger charge is 2.29. The van der Waals surface area contributed by atoms with Gasteiger partial charge in [0.1, 0.15) is 11.6 Å². The first-order valence-electron chi connectivity index (χ1n) is 11.6. The fourth-order valence-electron chi connectivity index (χ4n) is 3.96. The second-order valence-corrected chi connectivity index (χ2v) is 10.3. The Morgan fingerprint density at radius 1 is 0.972 bits per heavy atom. The second kappa shape index (κ2) is 10.8. The molecule has 36 heavy (non-hydrogen) atoms. The van der Waals surface area contributed by atoms with Gasteiger partial charge in [0.2, 0.25) is 15.7 Å². The molecule has 2 aromatic carbocycles. The van der Waals surface area contributed by atoms with Gasteiger partial charge in [-0.2, -0.15) is 4.98 Å². The first-order chi connectivity index (χ1) is 17.3. The first kappa shape index (κ1) is 25.2. The van der Waals surface area contributed by atoms with Crippen LogP contribution < -0.4 is 5.56 Å². The molecule has 0 aliphatic heterocycles. The number of unbranched alkanes of at least 4 members (excludes halogenated alkanes) is 1. The molecule has 0 aliphatic rings. The summed E-state index contributed by atoms with van der Waals surface area (Å²) in [6.07, 6.45) is 5.08. The molecule has 4 rings (SSSR count). The number of hydrogen-bond acceptors (Lipinski definition) is 6. The van der Waals surface area contributed by atoms with Gasteiger partial charge in [0, 0.05) is 24.7 Å². The standard InChI is InChI=1S/C27H26FN3O4S/c1-2-3-9-24-30-26(32)25(27(33)31(24)15-14-19-7-5-4-6-8-19)36(34,35)23-12-10-20(11-13-23)21-16-22(28)18-29-17-21/h4-8,10-13,16-18,33H,2-3,9,14-15H2,1H3. The maximum Gasteiger partial charge on any atom is 0.296 e. The van der Waals surface area contributed by atoms with Gasteiger partial charge in [-0.05, 0) is 42.2 Å². The van der Waals surface area contributed by atoms with Gasteiger partial charge in [0.05, 0.1) is 11.1 Å². The molecule has 4 aromatic rings. The monoisotopic (exact) mass is 507 g/mol. The van der Waals surface area contributed by atoms with Gasteiger partial charge in [-0.1, -0.05) is 55.8 Å². The van der Waals surface area contributed by atoms with Crippen LogP contribution in [0, 0.1) is 5.82 Å². The van der Waals surface area contributed by atoms with E-state index in [-0.39, 0.29) is 11.4 Å². The Kier molecular flexibility index (Phi) is 7.59. The zero-order valence-electron chi connectivity index (χ0n) is 19.8. The molecule has 186 valence electrons. The molecular formula is C27H26FN3O4S. The number of aromatic nitrogens is 3. The quantitative estimate of drug-likeness (QED) is 0.356. The van der Waals surface area contributed by atoms with E-state index < -0.39 is 32.0 Å². The Morgan fingerprint density at radius 2 is 1.69 bits per heavy atom. The molecule has 0 fully saturated rings. The van der Waals surface area contributed by atoms with Crippen LogP contribution in [-0.2, 0) is 29.2 Å². The number of rotatable bonds is 9. The van der Waals surface area contributed by atoms with Crippen LogP contribution in [0.4, 0.5) is 4.39 Å². The molecule has 1 N–H and O–H groups in total. The summed E-state index contributed by atoms with van der Waals surface area (Å²) in [6.45, 7) is 2.25. The van der Waals surface area contributed by atoms with E-state index >= 15 is 0 Å². The molecule has 0 saturated heterocycles. The molecule has 0 bridgehead atoms. The van der Waals surface area contributed by atoms with Crippen molar-refractivity contribution < 1.29 is 17.9 Å². The van der Waals surface area contributed by atoms with Gasteiger partial charge >= 0.3 is 0 Å². The van der Waals surface area contributed by atoms with Crippen molar-refractivity contribution in [1.82, 2.24) is 14.5 Å². The molecule has 0 unspecified atom stereocenters. The van der Waals surface area contributed by atoms with E-state index in [0.29, 0.717) is 29.8 Å². The largest absolute Gasteiger partial charge is 0.493 e. The lowest BCUT2D eigenvalue weighted by molar-refractivity contribution is 0.379. The van der Waals surface area contributed by atoms with E-state index in [2.05, 4.69) is 9.97 Å². The molecule has 2 heterocycles. The van der Waals surface area contributed by atoms with Crippen molar-refractivity contribution in [2.75, 3.05) is 0 Å². The predicted octanol–water partition coefficient (Wildman–Crippen LogP) is 4.57. The summed E-state index contributed by atoms with van der Waals surface area (Å²) in [7, 11) is -4.39. The van der Waals surface area contributed by atoms with E-state index in [1.165, 1.54) is 41.1 Å². The Hall–Kier alpha value is -3.85. The van der Waals surface area contributed by atoms with Gasteiger partial charge < -0.3 is 5.11 Å². The lowest BCUT2D eigenvalue weighted by Gasteiger charge is -2.17. The molecule has 9 heteroatoms. The molecule has 0 radical (unpaired) electrons. The second-order valence-electron chi connectivity index (χ2n) is 8.40. The van der Waals surface area contributed by atoms with Crippen LogP contribution in [0.25, 0.3) is 11.1 Å². The molecule has 0 saturated carbocycles. The summed E-state index contributed by atoms with van der Waals surface area (Å²) >= 11 is 0. The highest BCUT2D eigenvalue weighted by molar-refractivity contribution is 7.91. The number of aromatic hydroxyl groups is 1. The Morgan fingerprint density at radius 3 is 2.36 bits per heavy atom. The van der Waals surface area contributed by atoms with Crippen LogP contribution in [0.2, 0.25) is 0 Å². The third-order valence-corrected chi connectivity index (χ3v) is 7.67. The van der Waals surface area contributed by atoms with Crippen LogP contribution in [0.15, 0.2) is 87.6 Å². The number of sulfone groups is 1. The van der Waals surface area contributed by atoms with Gasteiger partial charge in [-0.15, -0.1) is 0 Å². The summed E-state index contributed by atoms with van der Waals surface area (Å²) in [5.74, 6) is -0.780. The minimum atomic E-state index is -4.39. The van der Waals surface area contributed by atoms with Gasteiger partial charge in [-0.3, -0.25) is 14.3 Å². The van der Waals surface area contributed by atoms with E-state index in [1.54, 1.807) is 0 Å². The van der Waals surface area contributed by atoms with Crippen molar-refractivity contribution in [2.45, 2.75) is 48.9 Å². The van der Waals surface area contributed by atoms with E-state index in [1.807, 2.05) is 37.3 Å². The van der Waals surface area contributed by atoms with Crippen LogP contribution in [0.1, 0.15) is 31.2 Å². The average molecular weight is 508 g/mol. The molecular weight excluding hydrogens is 481 g/mol. The van der Waals surface area contributed by atoms with E-state index in [4.69, 9.17) is 0 Å². The normalized spacial score (nSPS) is 11.5. The van der Waals surface area contributed by atoms with Gasteiger partial charge in [-0.25, -0.2) is 12.8 Å². The predicted molar refractivity (Wildman–Crippen MR) is 134 cm³/mol. The summed E-state index contributed by atoms with van der Waals surface area (Å²) in [5.41, 5.74) is 1.04. The molecule has 7 nitrogen and oxygen atoms in total. The maximum atomic E-state index is 13.5.